The number of nitrogens with zero attached hydrogens (tertiary/aromatic N) is 1. The molecule has 1 saturated heterocycles. The third-order valence-corrected chi connectivity index (χ3v) is 2.62. The Bertz CT molecular complexity index is 161. The summed E-state index contributed by atoms with van der Waals surface area (Å²) in [5.41, 5.74) is -0.224. The summed E-state index contributed by atoms with van der Waals surface area (Å²) in [6, 6.07) is 2.41. The molecule has 0 aromatic carbocycles. The van der Waals surface area contributed by atoms with Crippen molar-refractivity contribution in [1.29, 1.82) is 5.26 Å². The molecule has 2 heteroatoms. The third kappa shape index (κ3) is 1.54. The highest BCUT2D eigenvalue weighted by Gasteiger charge is 2.34. The van der Waals surface area contributed by atoms with E-state index in [1.54, 1.807) is 0 Å². The van der Waals surface area contributed by atoms with Crippen LogP contribution in [-0.4, -0.2) is 12.1 Å². The molecule has 1 aliphatic rings. The van der Waals surface area contributed by atoms with Crippen LogP contribution < -0.4 is 5.32 Å². The minimum absolute atomic E-state index is 0.224. The number of nitriles is 1. The molecule has 0 aromatic heterocycles. The van der Waals surface area contributed by atoms with E-state index in [1.807, 2.05) is 0 Å². The van der Waals surface area contributed by atoms with Gasteiger partial charge in [-0.2, -0.15) is 5.26 Å². The lowest BCUT2D eigenvalue weighted by Gasteiger charge is -2.35. The molecule has 0 amide bonds. The molecule has 0 aliphatic carbocycles. The van der Waals surface area contributed by atoms with Gasteiger partial charge >= 0.3 is 0 Å². The summed E-state index contributed by atoms with van der Waals surface area (Å²) in [5, 5.41) is 12.3. The second-order valence-electron chi connectivity index (χ2n) is 3.62. The van der Waals surface area contributed by atoms with Crippen LogP contribution in [0.15, 0.2) is 0 Å². The Balaban J connectivity index is 2.67. The lowest BCUT2D eigenvalue weighted by Crippen LogP contribution is -2.51. The van der Waals surface area contributed by atoms with Crippen LogP contribution in [0.5, 0.6) is 0 Å². The molecule has 0 saturated carbocycles. The van der Waals surface area contributed by atoms with Crippen molar-refractivity contribution < 1.29 is 0 Å². The zero-order chi connectivity index (χ0) is 8.32. The second kappa shape index (κ2) is 3.23. The Kier molecular flexibility index (Phi) is 2.51. The van der Waals surface area contributed by atoms with Crippen LogP contribution in [0.25, 0.3) is 0 Å². The van der Waals surface area contributed by atoms with Crippen molar-refractivity contribution in [2.45, 2.75) is 38.6 Å². The van der Waals surface area contributed by atoms with E-state index in [2.05, 4.69) is 25.2 Å². The fourth-order valence-corrected chi connectivity index (χ4v) is 1.65. The molecule has 1 N–H and O–H groups in total. The first-order chi connectivity index (χ1) is 5.21. The summed E-state index contributed by atoms with van der Waals surface area (Å²) in [5.74, 6) is 0.424. The van der Waals surface area contributed by atoms with Gasteiger partial charge in [0, 0.05) is 0 Å². The Morgan fingerprint density at radius 3 is 2.45 bits per heavy atom. The van der Waals surface area contributed by atoms with Gasteiger partial charge in [-0.3, -0.25) is 5.32 Å². The molecule has 1 fully saturated rings. The first kappa shape index (κ1) is 8.55. The summed E-state index contributed by atoms with van der Waals surface area (Å²) < 4.78 is 0. The highest BCUT2D eigenvalue weighted by Crippen LogP contribution is 2.25. The number of hydrogen-bond donors (Lipinski definition) is 1. The van der Waals surface area contributed by atoms with E-state index < -0.39 is 0 Å². The summed E-state index contributed by atoms with van der Waals surface area (Å²) in [6.45, 7) is 5.23. The summed E-state index contributed by atoms with van der Waals surface area (Å²) in [7, 11) is 0. The quantitative estimate of drug-likeness (QED) is 0.620. The Morgan fingerprint density at radius 1 is 1.45 bits per heavy atom. The van der Waals surface area contributed by atoms with Crippen LogP contribution in [0.1, 0.15) is 33.1 Å². The number of rotatable bonds is 1. The van der Waals surface area contributed by atoms with E-state index in [4.69, 9.17) is 5.26 Å². The van der Waals surface area contributed by atoms with Crippen molar-refractivity contribution in [2.75, 3.05) is 6.54 Å². The number of hydrogen-bond acceptors (Lipinski definition) is 2. The molecule has 0 radical (unpaired) electrons. The molecule has 1 atom stereocenters. The van der Waals surface area contributed by atoms with E-state index in [-0.39, 0.29) is 5.54 Å². The molecule has 0 spiro atoms. The zero-order valence-electron chi connectivity index (χ0n) is 7.35. The van der Waals surface area contributed by atoms with Gasteiger partial charge in [-0.25, -0.2) is 0 Å². The number of nitrogens with one attached hydrogen (secondary N) is 1. The van der Waals surface area contributed by atoms with Gasteiger partial charge in [-0.05, 0) is 31.7 Å². The third-order valence-electron chi connectivity index (χ3n) is 2.62. The molecule has 2 nitrogen and oxygen atoms in total. The molecular formula is C9H16N2. The molecule has 1 heterocycles. The predicted molar refractivity (Wildman–Crippen MR) is 45.0 cm³/mol. The van der Waals surface area contributed by atoms with E-state index in [0.29, 0.717) is 5.92 Å². The number of piperidine rings is 1. The maximum absolute atomic E-state index is 9.00. The molecule has 1 unspecified atom stereocenters. The average molecular weight is 152 g/mol. The van der Waals surface area contributed by atoms with Crippen LogP contribution in [0.3, 0.4) is 0 Å². The van der Waals surface area contributed by atoms with E-state index in [9.17, 15) is 0 Å². The van der Waals surface area contributed by atoms with E-state index in [0.717, 1.165) is 13.0 Å². The monoisotopic (exact) mass is 152 g/mol. The van der Waals surface area contributed by atoms with Crippen molar-refractivity contribution in [3.63, 3.8) is 0 Å². The molecular weight excluding hydrogens is 136 g/mol. The van der Waals surface area contributed by atoms with Gasteiger partial charge in [-0.1, -0.05) is 13.8 Å². The van der Waals surface area contributed by atoms with Crippen LogP contribution in [0, 0.1) is 17.2 Å². The van der Waals surface area contributed by atoms with Crippen molar-refractivity contribution in [2.24, 2.45) is 5.92 Å². The minimum Gasteiger partial charge on any atom is -0.299 e. The van der Waals surface area contributed by atoms with Crippen LogP contribution in [0.2, 0.25) is 0 Å². The van der Waals surface area contributed by atoms with Crippen LogP contribution >= 0.6 is 0 Å². The molecule has 0 bridgehead atoms. The molecule has 62 valence electrons. The fourth-order valence-electron chi connectivity index (χ4n) is 1.65. The van der Waals surface area contributed by atoms with Crippen molar-refractivity contribution in [3.8, 4) is 6.07 Å². The standard InChI is InChI=1S/C9H16N2/c1-8(2)9(7-10)5-3-4-6-11-9/h8,11H,3-6H2,1-2H3. The minimum atomic E-state index is -0.224. The van der Waals surface area contributed by atoms with Gasteiger partial charge in [0.25, 0.3) is 0 Å². The fraction of sp³-hybridized carbons (Fsp3) is 0.889. The highest BCUT2D eigenvalue weighted by molar-refractivity contribution is 5.10. The zero-order valence-corrected chi connectivity index (χ0v) is 7.35. The Hall–Kier alpha value is -0.550. The normalized spacial score (nSPS) is 31.8. The Morgan fingerprint density at radius 2 is 2.18 bits per heavy atom. The van der Waals surface area contributed by atoms with E-state index >= 15 is 0 Å². The van der Waals surface area contributed by atoms with Gasteiger partial charge in [0.15, 0.2) is 0 Å². The lowest BCUT2D eigenvalue weighted by molar-refractivity contribution is 0.249. The maximum Gasteiger partial charge on any atom is 0.109 e. The largest absolute Gasteiger partial charge is 0.299 e. The molecule has 0 aromatic rings. The smallest absolute Gasteiger partial charge is 0.109 e. The van der Waals surface area contributed by atoms with Gasteiger partial charge in [0.2, 0.25) is 0 Å². The summed E-state index contributed by atoms with van der Waals surface area (Å²) >= 11 is 0. The summed E-state index contributed by atoms with van der Waals surface area (Å²) in [4.78, 5) is 0. The van der Waals surface area contributed by atoms with Crippen molar-refractivity contribution >= 4 is 0 Å². The van der Waals surface area contributed by atoms with E-state index in [1.165, 1.54) is 12.8 Å². The lowest BCUT2D eigenvalue weighted by atomic mass is 9.81. The second-order valence-corrected chi connectivity index (χ2v) is 3.62. The SMILES string of the molecule is CC(C)C1(C#N)CCCCN1. The predicted octanol–water partition coefficient (Wildman–Crippen LogP) is 1.68. The van der Waals surface area contributed by atoms with Crippen molar-refractivity contribution in [1.82, 2.24) is 5.32 Å². The van der Waals surface area contributed by atoms with Gasteiger partial charge in [-0.15, -0.1) is 0 Å². The molecule has 11 heavy (non-hydrogen) atoms. The molecule has 1 rings (SSSR count). The Labute approximate surface area is 68.6 Å². The van der Waals surface area contributed by atoms with Gasteiger partial charge < -0.3 is 0 Å². The highest BCUT2D eigenvalue weighted by atomic mass is 15.0. The average Bonchev–Trinajstić information content (AvgIpc) is 2.05. The molecule has 1 aliphatic heterocycles. The maximum atomic E-state index is 9.00. The van der Waals surface area contributed by atoms with Gasteiger partial charge in [0.1, 0.15) is 5.54 Å². The van der Waals surface area contributed by atoms with Crippen molar-refractivity contribution in [3.05, 3.63) is 0 Å². The van der Waals surface area contributed by atoms with Crippen LogP contribution in [-0.2, 0) is 0 Å². The van der Waals surface area contributed by atoms with Crippen LogP contribution in [0.4, 0.5) is 0 Å². The first-order valence-electron chi connectivity index (χ1n) is 4.37. The first-order valence-corrected chi connectivity index (χ1v) is 4.37. The summed E-state index contributed by atoms with van der Waals surface area (Å²) in [6.07, 6.45) is 3.43. The van der Waals surface area contributed by atoms with Gasteiger partial charge in [0.05, 0.1) is 6.07 Å². The topological polar surface area (TPSA) is 35.8 Å².